The van der Waals surface area contributed by atoms with Crippen LogP contribution in [0.3, 0.4) is 0 Å². The van der Waals surface area contributed by atoms with Crippen molar-refractivity contribution in [1.82, 2.24) is 9.97 Å². The Bertz CT molecular complexity index is 284. The van der Waals surface area contributed by atoms with Crippen LogP contribution in [0.25, 0.3) is 0 Å². The Kier molecular flexibility index (Phi) is 3.24. The van der Waals surface area contributed by atoms with Crippen molar-refractivity contribution in [3.05, 3.63) is 24.3 Å². The van der Waals surface area contributed by atoms with Crippen LogP contribution in [-0.4, -0.2) is 16.0 Å². The number of hydrogen-bond donors (Lipinski definition) is 1. The first-order chi connectivity index (χ1) is 5.83. The molecule has 0 aromatic carbocycles. The van der Waals surface area contributed by atoms with Crippen LogP contribution >= 0.6 is 0 Å². The van der Waals surface area contributed by atoms with E-state index >= 15 is 0 Å². The van der Waals surface area contributed by atoms with E-state index in [1.807, 2.05) is 6.92 Å². The Hall–Kier alpha value is -1.40. The van der Waals surface area contributed by atoms with Gasteiger partial charge in [-0.15, -0.1) is 0 Å². The molecule has 1 aromatic rings. The summed E-state index contributed by atoms with van der Waals surface area (Å²) in [4.78, 5) is 7.67. The molecule has 0 fully saturated rings. The zero-order chi connectivity index (χ0) is 8.81. The van der Waals surface area contributed by atoms with Crippen LogP contribution in [0.5, 0.6) is 0 Å². The van der Waals surface area contributed by atoms with Gasteiger partial charge < -0.3 is 5.73 Å². The smallest absolute Gasteiger partial charge is 0.115 e. The molecule has 0 aliphatic rings. The topological polar surface area (TPSA) is 51.8 Å². The first-order valence-electron chi connectivity index (χ1n) is 3.85. The van der Waals surface area contributed by atoms with Gasteiger partial charge >= 0.3 is 0 Å². The maximum Gasteiger partial charge on any atom is 0.115 e. The molecule has 0 aliphatic carbocycles. The van der Waals surface area contributed by atoms with Crippen molar-refractivity contribution in [2.24, 2.45) is 5.73 Å². The van der Waals surface area contributed by atoms with E-state index in [1.54, 1.807) is 12.4 Å². The van der Waals surface area contributed by atoms with Crippen LogP contribution in [0, 0.1) is 11.8 Å². The third-order valence-corrected chi connectivity index (χ3v) is 1.40. The van der Waals surface area contributed by atoms with Gasteiger partial charge in [0.1, 0.15) is 6.33 Å². The van der Waals surface area contributed by atoms with Gasteiger partial charge in [-0.05, 0) is 6.42 Å². The SMILES string of the molecule is CCC(N)C#Cc1cncnc1. The minimum absolute atomic E-state index is 0.0507. The summed E-state index contributed by atoms with van der Waals surface area (Å²) >= 11 is 0. The van der Waals surface area contributed by atoms with Gasteiger partial charge in [0.15, 0.2) is 0 Å². The van der Waals surface area contributed by atoms with Gasteiger partial charge in [-0.3, -0.25) is 0 Å². The fraction of sp³-hybridized carbons (Fsp3) is 0.333. The van der Waals surface area contributed by atoms with Crippen LogP contribution in [0.15, 0.2) is 18.7 Å². The van der Waals surface area contributed by atoms with Crippen LogP contribution < -0.4 is 5.73 Å². The molecule has 1 unspecified atom stereocenters. The molecule has 1 heterocycles. The van der Waals surface area contributed by atoms with E-state index in [9.17, 15) is 0 Å². The Morgan fingerprint density at radius 3 is 2.75 bits per heavy atom. The summed E-state index contributed by atoms with van der Waals surface area (Å²) in [5.74, 6) is 5.79. The van der Waals surface area contributed by atoms with Gasteiger partial charge in [0.05, 0.1) is 11.6 Å². The second-order valence-electron chi connectivity index (χ2n) is 2.41. The van der Waals surface area contributed by atoms with Crippen LogP contribution in [0.1, 0.15) is 18.9 Å². The number of nitrogens with zero attached hydrogens (tertiary/aromatic N) is 2. The molecule has 0 bridgehead atoms. The minimum Gasteiger partial charge on any atom is -0.318 e. The molecule has 0 spiro atoms. The van der Waals surface area contributed by atoms with Crippen molar-refractivity contribution in [3.63, 3.8) is 0 Å². The molecule has 12 heavy (non-hydrogen) atoms. The summed E-state index contributed by atoms with van der Waals surface area (Å²) in [7, 11) is 0. The van der Waals surface area contributed by atoms with Crippen molar-refractivity contribution < 1.29 is 0 Å². The molecular formula is C9H11N3. The number of rotatable bonds is 1. The van der Waals surface area contributed by atoms with Gasteiger partial charge in [0, 0.05) is 12.4 Å². The number of hydrogen-bond acceptors (Lipinski definition) is 3. The number of aromatic nitrogens is 2. The van der Waals surface area contributed by atoms with Crippen LogP contribution in [0.2, 0.25) is 0 Å². The highest BCUT2D eigenvalue weighted by atomic mass is 14.8. The molecule has 1 atom stereocenters. The molecule has 62 valence electrons. The maximum atomic E-state index is 5.61. The molecular weight excluding hydrogens is 150 g/mol. The maximum absolute atomic E-state index is 5.61. The Balaban J connectivity index is 2.67. The van der Waals surface area contributed by atoms with E-state index in [0.29, 0.717) is 0 Å². The predicted octanol–water partition coefficient (Wildman–Crippen LogP) is 0.565. The van der Waals surface area contributed by atoms with E-state index in [0.717, 1.165) is 12.0 Å². The highest BCUT2D eigenvalue weighted by molar-refractivity contribution is 5.30. The summed E-state index contributed by atoms with van der Waals surface area (Å²) in [6.07, 6.45) is 5.68. The fourth-order valence-electron chi connectivity index (χ4n) is 0.642. The summed E-state index contributed by atoms with van der Waals surface area (Å²) < 4.78 is 0. The quantitative estimate of drug-likeness (QED) is 0.612. The van der Waals surface area contributed by atoms with E-state index in [1.165, 1.54) is 6.33 Å². The summed E-state index contributed by atoms with van der Waals surface area (Å²) in [5, 5.41) is 0. The molecule has 0 saturated carbocycles. The first kappa shape index (κ1) is 8.69. The standard InChI is InChI=1S/C9H11N3/c1-2-9(10)4-3-8-5-11-7-12-6-8/h5-7,9H,2,10H2,1H3. The normalized spacial score (nSPS) is 11.5. The molecule has 0 aliphatic heterocycles. The zero-order valence-electron chi connectivity index (χ0n) is 6.99. The van der Waals surface area contributed by atoms with E-state index in [4.69, 9.17) is 5.73 Å². The zero-order valence-corrected chi connectivity index (χ0v) is 6.99. The summed E-state index contributed by atoms with van der Waals surface area (Å²) in [6, 6.07) is -0.0507. The van der Waals surface area contributed by atoms with Crippen molar-refractivity contribution in [1.29, 1.82) is 0 Å². The molecule has 3 nitrogen and oxygen atoms in total. The van der Waals surface area contributed by atoms with E-state index < -0.39 is 0 Å². The second kappa shape index (κ2) is 4.47. The van der Waals surface area contributed by atoms with Gasteiger partial charge in [-0.25, -0.2) is 9.97 Å². The molecule has 0 amide bonds. The predicted molar refractivity (Wildman–Crippen MR) is 47.2 cm³/mol. The summed E-state index contributed by atoms with van der Waals surface area (Å²) in [5.41, 5.74) is 6.41. The van der Waals surface area contributed by atoms with Crippen molar-refractivity contribution in [2.75, 3.05) is 0 Å². The lowest BCUT2D eigenvalue weighted by Gasteiger charge is -1.94. The first-order valence-corrected chi connectivity index (χ1v) is 3.85. The highest BCUT2D eigenvalue weighted by Crippen LogP contribution is 1.89. The molecule has 2 N–H and O–H groups in total. The second-order valence-corrected chi connectivity index (χ2v) is 2.41. The van der Waals surface area contributed by atoms with Gasteiger partial charge in [0.2, 0.25) is 0 Å². The van der Waals surface area contributed by atoms with Crippen molar-refractivity contribution in [2.45, 2.75) is 19.4 Å². The Morgan fingerprint density at radius 1 is 1.50 bits per heavy atom. The lowest BCUT2D eigenvalue weighted by atomic mass is 10.2. The van der Waals surface area contributed by atoms with E-state index in [2.05, 4.69) is 21.8 Å². The fourth-order valence-corrected chi connectivity index (χ4v) is 0.642. The van der Waals surface area contributed by atoms with Crippen molar-refractivity contribution in [3.8, 4) is 11.8 Å². The monoisotopic (exact) mass is 161 g/mol. The average Bonchev–Trinajstić information content (AvgIpc) is 2.16. The van der Waals surface area contributed by atoms with E-state index in [-0.39, 0.29) is 6.04 Å². The van der Waals surface area contributed by atoms with Crippen molar-refractivity contribution >= 4 is 0 Å². The lowest BCUT2D eigenvalue weighted by Crippen LogP contribution is -2.15. The van der Waals surface area contributed by atoms with Crippen LogP contribution in [-0.2, 0) is 0 Å². The third-order valence-electron chi connectivity index (χ3n) is 1.40. The molecule has 0 radical (unpaired) electrons. The van der Waals surface area contributed by atoms with Gasteiger partial charge in [-0.2, -0.15) is 0 Å². The number of nitrogens with two attached hydrogens (primary N) is 1. The molecule has 3 heteroatoms. The third kappa shape index (κ3) is 2.69. The Morgan fingerprint density at radius 2 is 2.17 bits per heavy atom. The van der Waals surface area contributed by atoms with Gasteiger partial charge in [-0.1, -0.05) is 18.8 Å². The molecule has 1 aromatic heterocycles. The molecule has 1 rings (SSSR count). The Labute approximate surface area is 72.0 Å². The van der Waals surface area contributed by atoms with Gasteiger partial charge in [0.25, 0.3) is 0 Å². The average molecular weight is 161 g/mol. The largest absolute Gasteiger partial charge is 0.318 e. The summed E-state index contributed by atoms with van der Waals surface area (Å²) in [6.45, 7) is 2.00. The van der Waals surface area contributed by atoms with Crippen LogP contribution in [0.4, 0.5) is 0 Å². The minimum atomic E-state index is -0.0507. The highest BCUT2D eigenvalue weighted by Gasteiger charge is 1.89. The lowest BCUT2D eigenvalue weighted by molar-refractivity contribution is 0.806. The molecule has 0 saturated heterocycles.